The highest BCUT2D eigenvalue weighted by Crippen LogP contribution is 1.98. The van der Waals surface area contributed by atoms with Crippen molar-refractivity contribution in [3.05, 3.63) is 0 Å². The fraction of sp³-hybridized carbons (Fsp3) is 0.750. The first-order valence-electron chi connectivity index (χ1n) is 4.36. The van der Waals surface area contributed by atoms with Crippen LogP contribution >= 0.6 is 25.3 Å². The minimum atomic E-state index is -0.898. The fourth-order valence-corrected chi connectivity index (χ4v) is 1.35. The summed E-state index contributed by atoms with van der Waals surface area (Å²) in [4.78, 5) is 21.0. The molecule has 0 bridgehead atoms. The number of nitrogens with one attached hydrogen (secondary N) is 1. The van der Waals surface area contributed by atoms with E-state index < -0.39 is 12.0 Å². The van der Waals surface area contributed by atoms with Crippen molar-refractivity contribution < 1.29 is 14.7 Å². The van der Waals surface area contributed by atoms with Crippen LogP contribution in [-0.2, 0) is 9.59 Å². The molecule has 6 heteroatoms. The molecule has 0 aromatic carbocycles. The molecule has 0 unspecified atom stereocenters. The van der Waals surface area contributed by atoms with E-state index in [4.69, 9.17) is 5.11 Å². The molecule has 14 heavy (non-hydrogen) atoms. The molecule has 2 N–H and O–H groups in total. The summed E-state index contributed by atoms with van der Waals surface area (Å²) in [5, 5.41) is 11.3. The van der Waals surface area contributed by atoms with Gasteiger partial charge in [-0.1, -0.05) is 0 Å². The van der Waals surface area contributed by atoms with Crippen molar-refractivity contribution in [2.75, 3.05) is 12.3 Å². The lowest BCUT2D eigenvalue weighted by molar-refractivity contribution is -0.138. The molecule has 0 aliphatic heterocycles. The van der Waals surface area contributed by atoms with Crippen LogP contribution in [0.3, 0.4) is 0 Å². The van der Waals surface area contributed by atoms with Crippen molar-refractivity contribution in [3.8, 4) is 0 Å². The van der Waals surface area contributed by atoms with Gasteiger partial charge in [0, 0.05) is 12.2 Å². The molecule has 0 rings (SSSR count). The number of aliphatic carboxylic acids is 1. The van der Waals surface area contributed by atoms with E-state index in [-0.39, 0.29) is 10.9 Å². The van der Waals surface area contributed by atoms with Crippen LogP contribution in [0.25, 0.3) is 0 Å². The maximum atomic E-state index is 10.5. The van der Waals surface area contributed by atoms with Crippen molar-refractivity contribution in [3.63, 3.8) is 0 Å². The standard InChI is InChI=1S/C8H15NO3S2/c10-7(14)3-1-2-4-9-6(5-13)8(11)12/h6,9,13H,1-5H2,(H,10,14)(H,11,12)/t6-/m0/s1. The van der Waals surface area contributed by atoms with Crippen molar-refractivity contribution in [2.24, 2.45) is 0 Å². The minimum Gasteiger partial charge on any atom is -0.480 e. The summed E-state index contributed by atoms with van der Waals surface area (Å²) >= 11 is 7.53. The zero-order valence-corrected chi connectivity index (χ0v) is 9.56. The van der Waals surface area contributed by atoms with Gasteiger partial charge in [0.05, 0.1) is 0 Å². The summed E-state index contributed by atoms with van der Waals surface area (Å²) in [6.45, 7) is 0.582. The summed E-state index contributed by atoms with van der Waals surface area (Å²) in [7, 11) is 0. The molecule has 0 aromatic rings. The van der Waals surface area contributed by atoms with Gasteiger partial charge in [0.1, 0.15) is 6.04 Å². The lowest BCUT2D eigenvalue weighted by atomic mass is 10.2. The van der Waals surface area contributed by atoms with Gasteiger partial charge in [-0.15, -0.1) is 12.6 Å². The minimum absolute atomic E-state index is 0.131. The quantitative estimate of drug-likeness (QED) is 0.368. The molecule has 1 atom stereocenters. The fourth-order valence-electron chi connectivity index (χ4n) is 0.907. The van der Waals surface area contributed by atoms with E-state index in [1.54, 1.807) is 0 Å². The normalized spacial score (nSPS) is 12.4. The van der Waals surface area contributed by atoms with Crippen LogP contribution in [0.1, 0.15) is 19.3 Å². The predicted molar refractivity (Wildman–Crippen MR) is 61.1 cm³/mol. The van der Waals surface area contributed by atoms with Gasteiger partial charge < -0.3 is 10.4 Å². The average molecular weight is 237 g/mol. The number of carboxylic acid groups (broad SMARTS) is 1. The molecule has 0 radical (unpaired) electrons. The molecule has 0 fully saturated rings. The number of thiol groups is 2. The molecule has 0 amide bonds. The first kappa shape index (κ1) is 13.8. The molecule has 0 spiro atoms. The third-order valence-electron chi connectivity index (χ3n) is 1.69. The second-order valence-corrected chi connectivity index (χ2v) is 3.74. The number of hydrogen-bond donors (Lipinski definition) is 4. The Balaban J connectivity index is 3.42. The number of carbonyl (C=O) groups excluding carboxylic acids is 1. The predicted octanol–water partition coefficient (Wildman–Crippen LogP) is 0.586. The van der Waals surface area contributed by atoms with Crippen LogP contribution in [0.2, 0.25) is 0 Å². The highest BCUT2D eigenvalue weighted by atomic mass is 32.1. The molecule has 0 saturated carbocycles. The summed E-state index contributed by atoms with van der Waals surface area (Å²) in [5.74, 6) is -0.633. The van der Waals surface area contributed by atoms with Crippen LogP contribution in [-0.4, -0.2) is 34.5 Å². The molecule has 0 heterocycles. The Bertz CT molecular complexity index is 199. The van der Waals surface area contributed by atoms with E-state index in [0.717, 1.165) is 12.8 Å². The van der Waals surface area contributed by atoms with Crippen LogP contribution in [0.15, 0.2) is 0 Å². The van der Waals surface area contributed by atoms with Gasteiger partial charge in [-0.2, -0.15) is 12.6 Å². The van der Waals surface area contributed by atoms with E-state index in [1.165, 1.54) is 0 Å². The maximum absolute atomic E-state index is 10.5. The smallest absolute Gasteiger partial charge is 0.321 e. The lowest BCUT2D eigenvalue weighted by Crippen LogP contribution is -2.38. The topological polar surface area (TPSA) is 66.4 Å². The number of carboxylic acids is 1. The highest BCUT2D eigenvalue weighted by Gasteiger charge is 2.13. The van der Waals surface area contributed by atoms with Gasteiger partial charge >= 0.3 is 5.97 Å². The molecule has 4 nitrogen and oxygen atoms in total. The van der Waals surface area contributed by atoms with Gasteiger partial charge in [0.2, 0.25) is 0 Å². The van der Waals surface area contributed by atoms with Gasteiger partial charge in [-0.25, -0.2) is 0 Å². The monoisotopic (exact) mass is 237 g/mol. The Morgan fingerprint density at radius 3 is 2.43 bits per heavy atom. The number of unbranched alkanes of at least 4 members (excludes halogenated alkanes) is 1. The molecular weight excluding hydrogens is 222 g/mol. The molecule has 0 aromatic heterocycles. The second kappa shape index (κ2) is 8.14. The highest BCUT2D eigenvalue weighted by molar-refractivity contribution is 7.96. The third kappa shape index (κ3) is 7.23. The summed E-state index contributed by atoms with van der Waals surface area (Å²) in [6, 6.07) is -0.606. The Hall–Kier alpha value is -0.200. The zero-order valence-electron chi connectivity index (χ0n) is 7.77. The van der Waals surface area contributed by atoms with Crippen molar-refractivity contribution >= 4 is 36.3 Å². The zero-order chi connectivity index (χ0) is 11.0. The summed E-state index contributed by atoms with van der Waals surface area (Å²) in [5.41, 5.74) is 0. The van der Waals surface area contributed by atoms with Gasteiger partial charge in [0.25, 0.3) is 0 Å². The van der Waals surface area contributed by atoms with Gasteiger partial charge in [-0.05, 0) is 19.4 Å². The van der Waals surface area contributed by atoms with E-state index in [9.17, 15) is 9.59 Å². The number of carbonyl (C=O) groups is 2. The largest absolute Gasteiger partial charge is 0.480 e. The lowest BCUT2D eigenvalue weighted by Gasteiger charge is -2.10. The Morgan fingerprint density at radius 2 is 2.00 bits per heavy atom. The summed E-state index contributed by atoms with van der Waals surface area (Å²) in [6.07, 6.45) is 1.93. The molecule has 0 aliphatic rings. The Morgan fingerprint density at radius 1 is 1.36 bits per heavy atom. The van der Waals surface area contributed by atoms with Gasteiger partial charge in [-0.3, -0.25) is 9.59 Å². The summed E-state index contributed by atoms with van der Waals surface area (Å²) < 4.78 is 0. The molecular formula is C8H15NO3S2. The van der Waals surface area contributed by atoms with Gasteiger partial charge in [0.15, 0.2) is 5.12 Å². The van der Waals surface area contributed by atoms with E-state index in [0.29, 0.717) is 13.0 Å². The SMILES string of the molecule is O=C(S)CCCCN[C@@H](CS)C(=O)O. The third-order valence-corrected chi connectivity index (χ3v) is 2.28. The maximum Gasteiger partial charge on any atom is 0.321 e. The van der Waals surface area contributed by atoms with E-state index in [1.807, 2.05) is 0 Å². The average Bonchev–Trinajstić information content (AvgIpc) is 2.10. The number of rotatable bonds is 8. The molecule has 0 saturated heterocycles. The Kier molecular flexibility index (Phi) is 8.02. The molecule has 82 valence electrons. The van der Waals surface area contributed by atoms with Crippen molar-refractivity contribution in [1.82, 2.24) is 5.32 Å². The van der Waals surface area contributed by atoms with Crippen molar-refractivity contribution in [2.45, 2.75) is 25.3 Å². The first-order valence-corrected chi connectivity index (χ1v) is 5.44. The van der Waals surface area contributed by atoms with E-state index >= 15 is 0 Å². The van der Waals surface area contributed by atoms with Crippen LogP contribution in [0.4, 0.5) is 0 Å². The van der Waals surface area contributed by atoms with Crippen LogP contribution in [0.5, 0.6) is 0 Å². The number of hydrogen-bond acceptors (Lipinski definition) is 4. The molecule has 0 aliphatic carbocycles. The van der Waals surface area contributed by atoms with Crippen LogP contribution < -0.4 is 5.32 Å². The second-order valence-electron chi connectivity index (χ2n) is 2.88. The van der Waals surface area contributed by atoms with E-state index in [2.05, 4.69) is 30.6 Å². The van der Waals surface area contributed by atoms with Crippen LogP contribution in [0, 0.1) is 0 Å². The Labute approximate surface area is 94.3 Å². The first-order chi connectivity index (χ1) is 6.57. The van der Waals surface area contributed by atoms with Crippen molar-refractivity contribution in [1.29, 1.82) is 0 Å².